The van der Waals surface area contributed by atoms with Crippen molar-refractivity contribution in [2.75, 3.05) is 19.8 Å². The molecule has 0 aromatic heterocycles. The van der Waals surface area contributed by atoms with E-state index in [4.69, 9.17) is 18.9 Å². The summed E-state index contributed by atoms with van der Waals surface area (Å²) >= 11 is 0. The maximum Gasteiger partial charge on any atom is 0.220 e. The maximum absolute atomic E-state index is 13.2. The standard InChI is InChI=1S/C63H119NO13/c1-3-5-7-9-11-13-15-17-18-19-20-21-22-23-24-25-26-27-28-29-30-31-32-33-35-36-38-40-42-44-46-52(67)51(64-55(68)47-45-43-41-39-37-34-16-14-12-10-8-6-4-2)50-74-62-60(73)58(71)61(54(49-66)76-62)77-63-59(72)57(70)56(69)53(48-65)75-63/h36,38,44,46,51-54,56-63,65-67,69-73H,3-35,37,39-43,45,47-50H2,1-2H3,(H,64,68)/b38-36+,46-44+. The predicted molar refractivity (Wildman–Crippen MR) is 309 cm³/mol. The van der Waals surface area contributed by atoms with Crippen molar-refractivity contribution in [1.29, 1.82) is 0 Å². The number of aliphatic hydroxyl groups excluding tert-OH is 8. The largest absolute Gasteiger partial charge is 0.394 e. The molecule has 2 fully saturated rings. The van der Waals surface area contributed by atoms with Crippen LogP contribution >= 0.6 is 0 Å². The molecule has 0 saturated carbocycles. The second-order valence-corrected chi connectivity index (χ2v) is 22.9. The van der Waals surface area contributed by atoms with E-state index in [1.165, 1.54) is 212 Å². The highest BCUT2D eigenvalue weighted by Gasteiger charge is 2.51. The third-order valence-corrected chi connectivity index (χ3v) is 15.9. The van der Waals surface area contributed by atoms with Crippen molar-refractivity contribution < 1.29 is 64.6 Å². The summed E-state index contributed by atoms with van der Waals surface area (Å²) in [4.78, 5) is 13.2. The lowest BCUT2D eigenvalue weighted by Gasteiger charge is -2.46. The van der Waals surface area contributed by atoms with Gasteiger partial charge in [0.15, 0.2) is 12.6 Å². The lowest BCUT2D eigenvalue weighted by molar-refractivity contribution is -0.359. The van der Waals surface area contributed by atoms with Crippen molar-refractivity contribution in [3.05, 3.63) is 24.3 Å². The number of amides is 1. The Hall–Kier alpha value is -1.53. The molecule has 2 aliphatic rings. The smallest absolute Gasteiger partial charge is 0.220 e. The third-order valence-electron chi connectivity index (χ3n) is 15.9. The quantitative estimate of drug-likeness (QED) is 0.0204. The first-order valence-corrected chi connectivity index (χ1v) is 32.1. The molecule has 0 radical (unpaired) electrons. The van der Waals surface area contributed by atoms with Crippen molar-refractivity contribution in [3.63, 3.8) is 0 Å². The molecule has 12 unspecified atom stereocenters. The number of rotatable bonds is 52. The zero-order valence-corrected chi connectivity index (χ0v) is 49.0. The van der Waals surface area contributed by atoms with E-state index < -0.39 is 86.8 Å². The number of carbonyl (C=O) groups is 1. The summed E-state index contributed by atoms with van der Waals surface area (Å²) in [6.45, 7) is 2.80. The van der Waals surface area contributed by atoms with Crippen LogP contribution < -0.4 is 5.32 Å². The Labute approximate surface area is 468 Å². The van der Waals surface area contributed by atoms with Gasteiger partial charge in [0.05, 0.1) is 32.0 Å². The van der Waals surface area contributed by atoms with Gasteiger partial charge in [0, 0.05) is 6.42 Å². The molecule has 14 heteroatoms. The Morgan fingerprint density at radius 2 is 0.831 bits per heavy atom. The summed E-state index contributed by atoms with van der Waals surface area (Å²) in [6, 6.07) is -0.927. The molecule has 0 aliphatic carbocycles. The van der Waals surface area contributed by atoms with Crippen LogP contribution in [0.5, 0.6) is 0 Å². The third kappa shape index (κ3) is 34.5. The second-order valence-electron chi connectivity index (χ2n) is 22.9. The fourth-order valence-electron chi connectivity index (χ4n) is 10.7. The fourth-order valence-corrected chi connectivity index (χ4v) is 10.7. The minimum Gasteiger partial charge on any atom is -0.394 e. The Kier molecular flexibility index (Phi) is 45.7. The van der Waals surface area contributed by atoms with E-state index in [2.05, 4.69) is 31.3 Å². The summed E-state index contributed by atoms with van der Waals surface area (Å²) < 4.78 is 22.8. The highest BCUT2D eigenvalue weighted by Crippen LogP contribution is 2.30. The van der Waals surface area contributed by atoms with Crippen LogP contribution in [-0.2, 0) is 23.7 Å². The first-order valence-electron chi connectivity index (χ1n) is 32.1. The van der Waals surface area contributed by atoms with E-state index in [-0.39, 0.29) is 18.9 Å². The normalized spacial score (nSPS) is 24.8. The molecule has 9 N–H and O–H groups in total. The Morgan fingerprint density at radius 1 is 0.455 bits per heavy atom. The zero-order chi connectivity index (χ0) is 56.0. The highest BCUT2D eigenvalue weighted by atomic mass is 16.7. The number of allylic oxidation sites excluding steroid dienone is 3. The summed E-state index contributed by atoms with van der Waals surface area (Å²) in [7, 11) is 0. The van der Waals surface area contributed by atoms with Gasteiger partial charge in [-0.3, -0.25) is 4.79 Å². The first-order chi connectivity index (χ1) is 37.6. The Morgan fingerprint density at radius 3 is 1.27 bits per heavy atom. The molecule has 14 nitrogen and oxygen atoms in total. The minimum absolute atomic E-state index is 0.246. The number of aliphatic hydroxyl groups is 8. The summed E-state index contributed by atoms with van der Waals surface area (Å²) in [5.74, 6) is -0.246. The molecule has 1 amide bonds. The molecule has 0 bridgehead atoms. The topological polar surface area (TPSA) is 228 Å². The highest BCUT2D eigenvalue weighted by molar-refractivity contribution is 5.76. The molecule has 454 valence electrons. The van der Waals surface area contributed by atoms with E-state index in [9.17, 15) is 45.6 Å². The number of hydrogen-bond acceptors (Lipinski definition) is 13. The van der Waals surface area contributed by atoms with Gasteiger partial charge in [-0.1, -0.05) is 263 Å². The van der Waals surface area contributed by atoms with Crippen LogP contribution in [0.3, 0.4) is 0 Å². The zero-order valence-electron chi connectivity index (χ0n) is 49.0. The molecule has 2 saturated heterocycles. The summed E-state index contributed by atoms with van der Waals surface area (Å²) in [5.41, 5.74) is 0. The number of nitrogens with one attached hydrogen (secondary N) is 1. The average molecular weight is 1100 g/mol. The minimum atomic E-state index is -1.79. The van der Waals surface area contributed by atoms with E-state index in [0.717, 1.165) is 32.1 Å². The summed E-state index contributed by atoms with van der Waals surface area (Å²) in [5, 5.41) is 87.1. The van der Waals surface area contributed by atoms with Crippen molar-refractivity contribution in [3.8, 4) is 0 Å². The van der Waals surface area contributed by atoms with Crippen molar-refractivity contribution in [1.82, 2.24) is 5.32 Å². The van der Waals surface area contributed by atoms with Crippen LogP contribution in [0, 0.1) is 0 Å². The van der Waals surface area contributed by atoms with Gasteiger partial charge in [-0.25, -0.2) is 0 Å². The van der Waals surface area contributed by atoms with Gasteiger partial charge >= 0.3 is 0 Å². The fraction of sp³-hybridized carbons (Fsp3) is 0.921. The second kappa shape index (κ2) is 49.1. The predicted octanol–water partition coefficient (Wildman–Crippen LogP) is 11.6. The molecule has 12 atom stereocenters. The van der Waals surface area contributed by atoms with Gasteiger partial charge in [-0.05, 0) is 32.1 Å². The van der Waals surface area contributed by atoms with Gasteiger partial charge in [0.25, 0.3) is 0 Å². The molecule has 2 aliphatic heterocycles. The van der Waals surface area contributed by atoms with Crippen LogP contribution in [-0.4, -0.2) is 140 Å². The van der Waals surface area contributed by atoms with Gasteiger partial charge in [0.1, 0.15) is 48.8 Å². The van der Waals surface area contributed by atoms with Crippen LogP contribution in [0.15, 0.2) is 24.3 Å². The van der Waals surface area contributed by atoms with Gasteiger partial charge in [0.2, 0.25) is 5.91 Å². The van der Waals surface area contributed by atoms with E-state index in [1.54, 1.807) is 6.08 Å². The lowest BCUT2D eigenvalue weighted by Crippen LogP contribution is -2.65. The Bertz CT molecular complexity index is 1390. The monoisotopic (exact) mass is 1100 g/mol. The number of hydrogen-bond donors (Lipinski definition) is 9. The van der Waals surface area contributed by atoms with Gasteiger partial charge in [-0.2, -0.15) is 0 Å². The molecular formula is C63H119NO13. The van der Waals surface area contributed by atoms with E-state index in [1.807, 2.05) is 6.08 Å². The van der Waals surface area contributed by atoms with Gasteiger partial charge < -0.3 is 65.1 Å². The van der Waals surface area contributed by atoms with Crippen LogP contribution in [0.4, 0.5) is 0 Å². The lowest BCUT2D eigenvalue weighted by atomic mass is 9.97. The molecule has 77 heavy (non-hydrogen) atoms. The first kappa shape index (κ1) is 71.6. The number of ether oxygens (including phenoxy) is 4. The number of unbranched alkanes of at least 4 members (excludes halogenated alkanes) is 37. The molecule has 0 aromatic carbocycles. The van der Waals surface area contributed by atoms with Crippen LogP contribution in [0.25, 0.3) is 0 Å². The van der Waals surface area contributed by atoms with Gasteiger partial charge in [-0.15, -0.1) is 0 Å². The molecule has 2 heterocycles. The molecule has 0 aromatic rings. The van der Waals surface area contributed by atoms with E-state index in [0.29, 0.717) is 12.8 Å². The molecule has 2 rings (SSSR count). The van der Waals surface area contributed by atoms with E-state index >= 15 is 0 Å². The van der Waals surface area contributed by atoms with Crippen molar-refractivity contribution in [2.24, 2.45) is 0 Å². The van der Waals surface area contributed by atoms with Crippen molar-refractivity contribution in [2.45, 2.75) is 351 Å². The van der Waals surface area contributed by atoms with Crippen molar-refractivity contribution >= 4 is 5.91 Å². The SMILES string of the molecule is CCCCCCCCCCCCCCCCCCCCCCCCCC/C=C/CC/C=C/C(O)C(COC1OC(CO)C(OC2OC(CO)C(O)C(O)C2O)C(O)C1O)NC(=O)CCCCCCCCCCCCCCC. The van der Waals surface area contributed by atoms with Crippen LogP contribution in [0.1, 0.15) is 277 Å². The Balaban J connectivity index is 1.69. The average Bonchev–Trinajstić information content (AvgIpc) is 3.43. The summed E-state index contributed by atoms with van der Waals surface area (Å²) in [6.07, 6.45) is 42.5. The maximum atomic E-state index is 13.2. The molecule has 0 spiro atoms. The van der Waals surface area contributed by atoms with Crippen LogP contribution in [0.2, 0.25) is 0 Å². The molecular weight excluding hydrogens is 979 g/mol. The number of carbonyl (C=O) groups excluding carboxylic acids is 1.